The average molecular weight is 274 g/mol. The standard InChI is InChI=1S/C13H18N6O/c1-18(7-4-11-2-5-15-6-3-11)13(20)10-19-9-12(8-14)16-17-19/h2-3,5-6,9H,4,7-8,10,14H2,1H3. The first-order valence-corrected chi connectivity index (χ1v) is 6.41. The molecule has 0 aliphatic heterocycles. The van der Waals surface area contributed by atoms with Crippen molar-refractivity contribution in [3.05, 3.63) is 42.0 Å². The van der Waals surface area contributed by atoms with E-state index in [2.05, 4.69) is 15.3 Å². The Hall–Kier alpha value is -2.28. The molecule has 0 unspecified atom stereocenters. The molecule has 0 aliphatic carbocycles. The van der Waals surface area contributed by atoms with Crippen molar-refractivity contribution in [2.75, 3.05) is 13.6 Å². The molecule has 2 rings (SSSR count). The number of pyridine rings is 1. The molecule has 0 fully saturated rings. The topological polar surface area (TPSA) is 89.9 Å². The Morgan fingerprint density at radius 2 is 2.15 bits per heavy atom. The van der Waals surface area contributed by atoms with Gasteiger partial charge in [0.05, 0.1) is 11.9 Å². The number of rotatable bonds is 6. The smallest absolute Gasteiger partial charge is 0.244 e. The number of likely N-dealkylation sites (N-methyl/N-ethyl adjacent to an activating group) is 1. The molecule has 0 saturated heterocycles. The van der Waals surface area contributed by atoms with E-state index in [4.69, 9.17) is 5.73 Å². The third-order valence-electron chi connectivity index (χ3n) is 3.00. The van der Waals surface area contributed by atoms with Crippen LogP contribution in [0.1, 0.15) is 11.3 Å². The second-order valence-electron chi connectivity index (χ2n) is 4.53. The Balaban J connectivity index is 1.82. The lowest BCUT2D eigenvalue weighted by Crippen LogP contribution is -2.32. The summed E-state index contributed by atoms with van der Waals surface area (Å²) < 4.78 is 1.51. The third-order valence-corrected chi connectivity index (χ3v) is 3.00. The molecule has 20 heavy (non-hydrogen) atoms. The van der Waals surface area contributed by atoms with E-state index < -0.39 is 0 Å². The van der Waals surface area contributed by atoms with Crippen LogP contribution in [0.2, 0.25) is 0 Å². The van der Waals surface area contributed by atoms with E-state index in [1.165, 1.54) is 4.68 Å². The van der Waals surface area contributed by atoms with Crippen molar-refractivity contribution in [3.8, 4) is 0 Å². The first kappa shape index (κ1) is 14.1. The monoisotopic (exact) mass is 274 g/mol. The van der Waals surface area contributed by atoms with Crippen molar-refractivity contribution in [1.82, 2.24) is 24.9 Å². The highest BCUT2D eigenvalue weighted by atomic mass is 16.2. The highest BCUT2D eigenvalue weighted by Crippen LogP contribution is 2.00. The average Bonchev–Trinajstić information content (AvgIpc) is 2.93. The molecule has 7 nitrogen and oxygen atoms in total. The summed E-state index contributed by atoms with van der Waals surface area (Å²) in [6, 6.07) is 3.90. The number of carbonyl (C=O) groups excluding carboxylic acids is 1. The minimum absolute atomic E-state index is 0.00692. The Bertz CT molecular complexity index is 553. The highest BCUT2D eigenvalue weighted by Gasteiger charge is 2.10. The molecule has 2 aromatic heterocycles. The SMILES string of the molecule is CN(CCc1ccncc1)C(=O)Cn1cc(CN)nn1. The van der Waals surface area contributed by atoms with Crippen LogP contribution in [0.3, 0.4) is 0 Å². The predicted molar refractivity (Wildman–Crippen MR) is 73.5 cm³/mol. The minimum atomic E-state index is -0.00692. The maximum atomic E-state index is 12.0. The van der Waals surface area contributed by atoms with Crippen LogP contribution in [0.4, 0.5) is 0 Å². The van der Waals surface area contributed by atoms with Crippen molar-refractivity contribution in [2.24, 2.45) is 5.73 Å². The molecule has 0 saturated carbocycles. The maximum Gasteiger partial charge on any atom is 0.244 e. The van der Waals surface area contributed by atoms with Gasteiger partial charge < -0.3 is 10.6 Å². The van der Waals surface area contributed by atoms with Crippen LogP contribution in [0.5, 0.6) is 0 Å². The summed E-state index contributed by atoms with van der Waals surface area (Å²) in [6.07, 6.45) is 5.99. The van der Waals surface area contributed by atoms with E-state index >= 15 is 0 Å². The number of nitrogens with zero attached hydrogens (tertiary/aromatic N) is 5. The van der Waals surface area contributed by atoms with Crippen molar-refractivity contribution in [1.29, 1.82) is 0 Å². The summed E-state index contributed by atoms with van der Waals surface area (Å²) in [5, 5.41) is 7.71. The van der Waals surface area contributed by atoms with Gasteiger partial charge in [-0.3, -0.25) is 9.78 Å². The van der Waals surface area contributed by atoms with Crippen LogP contribution in [-0.2, 0) is 24.3 Å². The Morgan fingerprint density at radius 1 is 1.40 bits per heavy atom. The molecule has 2 aromatic rings. The number of nitrogens with two attached hydrogens (primary N) is 1. The van der Waals surface area contributed by atoms with Gasteiger partial charge in [-0.25, -0.2) is 4.68 Å². The van der Waals surface area contributed by atoms with Gasteiger partial charge in [0.2, 0.25) is 5.91 Å². The van der Waals surface area contributed by atoms with E-state index in [0.717, 1.165) is 12.0 Å². The lowest BCUT2D eigenvalue weighted by atomic mass is 10.2. The van der Waals surface area contributed by atoms with Gasteiger partial charge in [-0.15, -0.1) is 5.10 Å². The fraction of sp³-hybridized carbons (Fsp3) is 0.385. The number of amides is 1. The molecular weight excluding hydrogens is 256 g/mol. The van der Waals surface area contributed by atoms with Crippen LogP contribution in [0.15, 0.2) is 30.7 Å². The summed E-state index contributed by atoms with van der Waals surface area (Å²) >= 11 is 0. The molecule has 7 heteroatoms. The predicted octanol–water partition coefficient (Wildman–Crippen LogP) is -0.167. The molecule has 2 heterocycles. The number of aromatic nitrogens is 4. The van der Waals surface area contributed by atoms with E-state index in [9.17, 15) is 4.79 Å². The molecule has 0 aliphatic rings. The second-order valence-corrected chi connectivity index (χ2v) is 4.53. The quantitative estimate of drug-likeness (QED) is 0.790. The lowest BCUT2D eigenvalue weighted by Gasteiger charge is -2.16. The Labute approximate surface area is 117 Å². The molecule has 0 spiro atoms. The number of hydrogen-bond donors (Lipinski definition) is 1. The van der Waals surface area contributed by atoms with Gasteiger partial charge in [0.15, 0.2) is 0 Å². The Kier molecular flexibility index (Phi) is 4.78. The zero-order chi connectivity index (χ0) is 14.4. The number of hydrogen-bond acceptors (Lipinski definition) is 5. The fourth-order valence-electron chi connectivity index (χ4n) is 1.74. The highest BCUT2D eigenvalue weighted by molar-refractivity contribution is 5.75. The van der Waals surface area contributed by atoms with Gasteiger partial charge in [0.1, 0.15) is 6.54 Å². The molecule has 1 amide bonds. The van der Waals surface area contributed by atoms with Crippen LogP contribution < -0.4 is 5.73 Å². The molecule has 0 aromatic carbocycles. The molecule has 0 radical (unpaired) electrons. The summed E-state index contributed by atoms with van der Waals surface area (Å²) in [4.78, 5) is 17.7. The summed E-state index contributed by atoms with van der Waals surface area (Å²) in [5.74, 6) is -0.00692. The summed E-state index contributed by atoms with van der Waals surface area (Å²) in [5.41, 5.74) is 7.29. The van der Waals surface area contributed by atoms with E-state index in [1.54, 1.807) is 30.5 Å². The third kappa shape index (κ3) is 3.86. The van der Waals surface area contributed by atoms with Gasteiger partial charge in [-0.2, -0.15) is 0 Å². The molecular formula is C13H18N6O. The summed E-state index contributed by atoms with van der Waals surface area (Å²) in [6.45, 7) is 1.16. The van der Waals surface area contributed by atoms with Gasteiger partial charge >= 0.3 is 0 Å². The van der Waals surface area contributed by atoms with Crippen molar-refractivity contribution < 1.29 is 4.79 Å². The Morgan fingerprint density at radius 3 is 2.80 bits per heavy atom. The zero-order valence-corrected chi connectivity index (χ0v) is 11.4. The zero-order valence-electron chi connectivity index (χ0n) is 11.4. The van der Waals surface area contributed by atoms with Crippen molar-refractivity contribution in [2.45, 2.75) is 19.5 Å². The van der Waals surface area contributed by atoms with Crippen molar-refractivity contribution >= 4 is 5.91 Å². The second kappa shape index (κ2) is 6.76. The number of carbonyl (C=O) groups is 1. The van der Waals surface area contributed by atoms with Crippen LogP contribution in [0, 0.1) is 0 Å². The van der Waals surface area contributed by atoms with Crippen LogP contribution in [-0.4, -0.2) is 44.4 Å². The van der Waals surface area contributed by atoms with Gasteiger partial charge in [0.25, 0.3) is 0 Å². The molecule has 0 bridgehead atoms. The van der Waals surface area contributed by atoms with E-state index in [0.29, 0.717) is 18.8 Å². The van der Waals surface area contributed by atoms with Crippen LogP contribution >= 0.6 is 0 Å². The van der Waals surface area contributed by atoms with Crippen molar-refractivity contribution in [3.63, 3.8) is 0 Å². The first-order valence-electron chi connectivity index (χ1n) is 6.41. The van der Waals surface area contributed by atoms with Gasteiger partial charge in [-0.05, 0) is 24.1 Å². The van der Waals surface area contributed by atoms with Gasteiger partial charge in [0, 0.05) is 32.5 Å². The van der Waals surface area contributed by atoms with E-state index in [1.807, 2.05) is 12.1 Å². The largest absolute Gasteiger partial charge is 0.344 e. The normalized spacial score (nSPS) is 10.5. The van der Waals surface area contributed by atoms with Crippen LogP contribution in [0.25, 0.3) is 0 Å². The fourth-order valence-corrected chi connectivity index (χ4v) is 1.74. The molecule has 2 N–H and O–H groups in total. The minimum Gasteiger partial charge on any atom is -0.344 e. The van der Waals surface area contributed by atoms with E-state index in [-0.39, 0.29) is 12.5 Å². The van der Waals surface area contributed by atoms with Gasteiger partial charge in [-0.1, -0.05) is 5.21 Å². The lowest BCUT2D eigenvalue weighted by molar-refractivity contribution is -0.130. The molecule has 0 atom stereocenters. The maximum absolute atomic E-state index is 12.0. The first-order chi connectivity index (χ1) is 9.69. The summed E-state index contributed by atoms with van der Waals surface area (Å²) in [7, 11) is 1.78. The molecule has 106 valence electrons.